The van der Waals surface area contributed by atoms with E-state index in [-0.39, 0.29) is 11.0 Å². The van der Waals surface area contributed by atoms with Crippen LogP contribution in [0.25, 0.3) is 0 Å². The smallest absolute Gasteiger partial charge is 0.423 e. The highest BCUT2D eigenvalue weighted by Gasteiger charge is 2.12. The summed E-state index contributed by atoms with van der Waals surface area (Å²) in [5.74, 6) is 0. The van der Waals surface area contributed by atoms with Crippen LogP contribution in [0.1, 0.15) is 10.4 Å². The first-order valence-electron chi connectivity index (χ1n) is 3.27. The van der Waals surface area contributed by atoms with Crippen molar-refractivity contribution < 1.29 is 19.2 Å². The van der Waals surface area contributed by atoms with Crippen LogP contribution in [0.4, 0.5) is 4.39 Å². The Morgan fingerprint density at radius 2 is 2.08 bits per heavy atom. The number of carbonyl (C=O) groups is 1. The first kappa shape index (κ1) is 8.90. The maximum absolute atomic E-state index is 12.1. The fourth-order valence-corrected chi connectivity index (χ4v) is 0.822. The zero-order chi connectivity index (χ0) is 9.14. The van der Waals surface area contributed by atoms with Gasteiger partial charge in [-0.1, -0.05) is 12.1 Å². The largest absolute Gasteiger partial charge is 0.488 e. The molecule has 0 atom stereocenters. The minimum atomic E-state index is -1.68. The van der Waals surface area contributed by atoms with Crippen LogP contribution in [0.5, 0.6) is 0 Å². The van der Waals surface area contributed by atoms with Crippen molar-refractivity contribution in [1.29, 1.82) is 0 Å². The summed E-state index contributed by atoms with van der Waals surface area (Å²) in [5.41, 5.74) is -0.0842. The molecule has 1 rings (SSSR count). The predicted octanol–water partition coefficient (Wildman–Crippen LogP) is -0.524. The van der Waals surface area contributed by atoms with Crippen LogP contribution >= 0.6 is 0 Å². The Morgan fingerprint density at radius 1 is 1.42 bits per heavy atom. The van der Waals surface area contributed by atoms with Crippen LogP contribution in [0.2, 0.25) is 0 Å². The lowest BCUT2D eigenvalue weighted by Gasteiger charge is -1.98. The van der Waals surface area contributed by atoms with E-state index in [9.17, 15) is 9.18 Å². The molecule has 0 bridgehead atoms. The van der Waals surface area contributed by atoms with Crippen molar-refractivity contribution in [2.45, 2.75) is 0 Å². The molecule has 0 aliphatic heterocycles. The van der Waals surface area contributed by atoms with Gasteiger partial charge in [0.25, 0.3) is 0 Å². The standard InChI is InChI=1S/C7H6BFO3/c9-7(10)5-2-1-3-6(4-5)8(11)12/h1-4,11-12H. The first-order chi connectivity index (χ1) is 5.61. The van der Waals surface area contributed by atoms with E-state index >= 15 is 0 Å². The van der Waals surface area contributed by atoms with Gasteiger partial charge in [0.1, 0.15) is 0 Å². The van der Waals surface area contributed by atoms with Gasteiger partial charge in [0.15, 0.2) is 0 Å². The fourth-order valence-electron chi connectivity index (χ4n) is 0.822. The maximum Gasteiger partial charge on any atom is 0.488 e. The Bertz CT molecular complexity index is 300. The molecule has 0 saturated carbocycles. The van der Waals surface area contributed by atoms with Crippen molar-refractivity contribution in [2.24, 2.45) is 0 Å². The highest BCUT2D eigenvalue weighted by molar-refractivity contribution is 6.58. The summed E-state index contributed by atoms with van der Waals surface area (Å²) in [6, 6.07) is 3.53. The number of hydrogen-bond acceptors (Lipinski definition) is 3. The van der Waals surface area contributed by atoms with E-state index in [1.54, 1.807) is 0 Å². The minimum Gasteiger partial charge on any atom is -0.423 e. The summed E-state index contributed by atoms with van der Waals surface area (Å²) in [7, 11) is -1.68. The van der Waals surface area contributed by atoms with E-state index in [0.29, 0.717) is 0 Å². The van der Waals surface area contributed by atoms with Gasteiger partial charge >= 0.3 is 13.2 Å². The highest BCUT2D eigenvalue weighted by Crippen LogP contribution is 1.98. The summed E-state index contributed by atoms with van der Waals surface area (Å²) in [5, 5.41) is 17.3. The van der Waals surface area contributed by atoms with Crippen molar-refractivity contribution >= 4 is 18.6 Å². The van der Waals surface area contributed by atoms with E-state index < -0.39 is 13.2 Å². The van der Waals surface area contributed by atoms with Crippen molar-refractivity contribution in [3.63, 3.8) is 0 Å². The van der Waals surface area contributed by atoms with Crippen molar-refractivity contribution in [1.82, 2.24) is 0 Å². The van der Waals surface area contributed by atoms with Gasteiger partial charge in [-0.15, -0.1) is 0 Å². The van der Waals surface area contributed by atoms with Gasteiger partial charge in [0.05, 0.1) is 5.56 Å². The SMILES string of the molecule is O=C(F)c1cccc(B(O)O)c1. The average Bonchev–Trinajstić information content (AvgIpc) is 2.04. The Hall–Kier alpha value is -1.20. The third kappa shape index (κ3) is 1.90. The molecular formula is C7H6BFO3. The van der Waals surface area contributed by atoms with Gasteiger partial charge in [-0.3, -0.25) is 4.79 Å². The third-order valence-electron chi connectivity index (χ3n) is 1.41. The average molecular weight is 168 g/mol. The Balaban J connectivity index is 3.04. The monoisotopic (exact) mass is 168 g/mol. The molecule has 0 aliphatic rings. The van der Waals surface area contributed by atoms with Crippen LogP contribution in [-0.2, 0) is 0 Å². The molecule has 0 amide bonds. The van der Waals surface area contributed by atoms with Gasteiger partial charge in [0, 0.05) is 0 Å². The molecule has 62 valence electrons. The fraction of sp³-hybridized carbons (Fsp3) is 0. The van der Waals surface area contributed by atoms with Crippen LogP contribution in [-0.4, -0.2) is 23.2 Å². The molecule has 0 aromatic heterocycles. The first-order valence-corrected chi connectivity index (χ1v) is 3.27. The summed E-state index contributed by atoms with van der Waals surface area (Å²) in [6.45, 7) is 0. The molecule has 1 aromatic rings. The number of carbonyl (C=O) groups excluding carboxylic acids is 1. The Labute approximate surface area is 68.6 Å². The zero-order valence-corrected chi connectivity index (χ0v) is 6.07. The second-order valence-electron chi connectivity index (χ2n) is 2.27. The molecule has 3 nitrogen and oxygen atoms in total. The molecule has 5 heteroatoms. The molecule has 0 radical (unpaired) electrons. The van der Waals surface area contributed by atoms with E-state index in [2.05, 4.69) is 0 Å². The lowest BCUT2D eigenvalue weighted by molar-refractivity contribution is 0.0836. The van der Waals surface area contributed by atoms with Gasteiger partial charge in [0.2, 0.25) is 0 Å². The summed E-state index contributed by atoms with van der Waals surface area (Å²) >= 11 is 0. The Morgan fingerprint density at radius 3 is 2.58 bits per heavy atom. The maximum atomic E-state index is 12.1. The summed E-state index contributed by atoms with van der Waals surface area (Å²) in [6.07, 6.45) is 0. The van der Waals surface area contributed by atoms with E-state index in [4.69, 9.17) is 10.0 Å². The summed E-state index contributed by atoms with van der Waals surface area (Å²) in [4.78, 5) is 10.2. The van der Waals surface area contributed by atoms with E-state index in [1.807, 2.05) is 0 Å². The molecule has 0 fully saturated rings. The van der Waals surface area contributed by atoms with Crippen LogP contribution in [0, 0.1) is 0 Å². The zero-order valence-electron chi connectivity index (χ0n) is 6.07. The van der Waals surface area contributed by atoms with Crippen molar-refractivity contribution in [3.8, 4) is 0 Å². The number of rotatable bonds is 2. The molecule has 0 heterocycles. The van der Waals surface area contributed by atoms with Crippen LogP contribution in [0.15, 0.2) is 24.3 Å². The van der Waals surface area contributed by atoms with Crippen LogP contribution in [0.3, 0.4) is 0 Å². The van der Waals surface area contributed by atoms with Gasteiger partial charge in [-0.05, 0) is 17.6 Å². The topological polar surface area (TPSA) is 57.5 Å². The quantitative estimate of drug-likeness (QED) is 0.461. The minimum absolute atomic E-state index is 0.0958. The Kier molecular flexibility index (Phi) is 2.57. The normalized spacial score (nSPS) is 9.58. The second kappa shape index (κ2) is 3.47. The number of hydrogen-bond donors (Lipinski definition) is 2. The number of benzene rings is 1. The van der Waals surface area contributed by atoms with Gasteiger partial charge in [-0.25, -0.2) is 0 Å². The van der Waals surface area contributed by atoms with Crippen LogP contribution < -0.4 is 5.46 Å². The molecule has 0 saturated heterocycles. The molecule has 12 heavy (non-hydrogen) atoms. The van der Waals surface area contributed by atoms with Crippen molar-refractivity contribution in [3.05, 3.63) is 29.8 Å². The van der Waals surface area contributed by atoms with E-state index in [1.165, 1.54) is 18.2 Å². The summed E-state index contributed by atoms with van der Waals surface area (Å²) < 4.78 is 12.1. The number of halogens is 1. The second-order valence-corrected chi connectivity index (χ2v) is 2.27. The molecular weight excluding hydrogens is 162 g/mol. The van der Waals surface area contributed by atoms with Crippen molar-refractivity contribution in [2.75, 3.05) is 0 Å². The highest BCUT2D eigenvalue weighted by atomic mass is 19.1. The molecule has 0 spiro atoms. The third-order valence-corrected chi connectivity index (χ3v) is 1.41. The molecule has 0 unspecified atom stereocenters. The predicted molar refractivity (Wildman–Crippen MR) is 41.7 cm³/mol. The van der Waals surface area contributed by atoms with Gasteiger partial charge in [-0.2, -0.15) is 4.39 Å². The lowest BCUT2D eigenvalue weighted by atomic mass is 9.80. The van der Waals surface area contributed by atoms with E-state index in [0.717, 1.165) is 6.07 Å². The molecule has 1 aromatic carbocycles. The molecule has 2 N–H and O–H groups in total. The lowest BCUT2D eigenvalue weighted by Crippen LogP contribution is -2.30. The molecule has 0 aliphatic carbocycles. The van der Waals surface area contributed by atoms with Gasteiger partial charge < -0.3 is 10.0 Å².